The third kappa shape index (κ3) is 7.74. The standard InChI is InChI=1S/C12H15ClO4/c13-12(14)17-9-8-15-6-7-16-10-11-4-2-1-3-5-11/h1-5H,6-10H2. The highest BCUT2D eigenvalue weighted by molar-refractivity contribution is 6.61. The third-order valence-corrected chi connectivity index (χ3v) is 2.04. The molecule has 0 atom stereocenters. The Labute approximate surface area is 105 Å². The van der Waals surface area contributed by atoms with E-state index in [1.807, 2.05) is 30.3 Å². The molecule has 0 aliphatic carbocycles. The van der Waals surface area contributed by atoms with Crippen molar-refractivity contribution in [3.05, 3.63) is 35.9 Å². The van der Waals surface area contributed by atoms with Crippen LogP contribution in [0.5, 0.6) is 0 Å². The minimum Gasteiger partial charge on any atom is -0.451 e. The Morgan fingerprint density at radius 3 is 2.35 bits per heavy atom. The second kappa shape index (κ2) is 8.98. The third-order valence-electron chi connectivity index (χ3n) is 1.93. The predicted molar refractivity (Wildman–Crippen MR) is 64.1 cm³/mol. The van der Waals surface area contributed by atoms with Crippen LogP contribution in [0.3, 0.4) is 0 Å². The van der Waals surface area contributed by atoms with Crippen LogP contribution in [0.1, 0.15) is 5.56 Å². The van der Waals surface area contributed by atoms with Crippen LogP contribution in [0.4, 0.5) is 4.79 Å². The molecule has 1 rings (SSSR count). The Bertz CT molecular complexity index is 316. The van der Waals surface area contributed by atoms with Gasteiger partial charge in [0.25, 0.3) is 0 Å². The molecule has 0 bridgehead atoms. The molecule has 4 nitrogen and oxygen atoms in total. The summed E-state index contributed by atoms with van der Waals surface area (Å²) in [5.41, 5.74) is 0.317. The zero-order valence-electron chi connectivity index (χ0n) is 9.43. The van der Waals surface area contributed by atoms with Crippen LogP contribution >= 0.6 is 11.6 Å². The van der Waals surface area contributed by atoms with Gasteiger partial charge in [-0.3, -0.25) is 0 Å². The molecule has 94 valence electrons. The monoisotopic (exact) mass is 258 g/mol. The first-order valence-corrected chi connectivity index (χ1v) is 5.68. The highest BCUT2D eigenvalue weighted by atomic mass is 35.5. The second-order valence-corrected chi connectivity index (χ2v) is 3.55. The molecule has 17 heavy (non-hydrogen) atoms. The predicted octanol–water partition coefficient (Wildman–Crippen LogP) is 2.60. The van der Waals surface area contributed by atoms with Gasteiger partial charge in [-0.05, 0) is 5.56 Å². The number of hydrogen-bond acceptors (Lipinski definition) is 4. The molecular formula is C12H15ClO4. The van der Waals surface area contributed by atoms with E-state index in [9.17, 15) is 4.79 Å². The zero-order chi connectivity index (χ0) is 12.3. The van der Waals surface area contributed by atoms with Crippen LogP contribution in [-0.4, -0.2) is 31.9 Å². The number of carbonyl (C=O) groups is 1. The minimum atomic E-state index is -0.811. The summed E-state index contributed by atoms with van der Waals surface area (Å²) in [5, 5.41) is 0. The van der Waals surface area contributed by atoms with E-state index in [-0.39, 0.29) is 6.61 Å². The van der Waals surface area contributed by atoms with E-state index < -0.39 is 5.43 Å². The first-order chi connectivity index (χ1) is 8.29. The molecule has 0 unspecified atom stereocenters. The van der Waals surface area contributed by atoms with Crippen LogP contribution in [0.15, 0.2) is 30.3 Å². The van der Waals surface area contributed by atoms with Gasteiger partial charge in [0.05, 0.1) is 26.4 Å². The second-order valence-electron chi connectivity index (χ2n) is 3.24. The van der Waals surface area contributed by atoms with Gasteiger partial charge in [0.1, 0.15) is 6.61 Å². The molecule has 0 aromatic heterocycles. The fourth-order valence-corrected chi connectivity index (χ4v) is 1.24. The van der Waals surface area contributed by atoms with E-state index in [2.05, 4.69) is 4.74 Å². The molecule has 0 radical (unpaired) electrons. The maximum Gasteiger partial charge on any atom is 0.403 e. The Kier molecular flexibility index (Phi) is 7.38. The van der Waals surface area contributed by atoms with Crippen molar-refractivity contribution in [3.63, 3.8) is 0 Å². The Balaban J connectivity index is 1.90. The summed E-state index contributed by atoms with van der Waals surface area (Å²) in [5.74, 6) is 0. The number of halogens is 1. The van der Waals surface area contributed by atoms with Crippen molar-refractivity contribution in [2.45, 2.75) is 6.61 Å². The van der Waals surface area contributed by atoms with E-state index in [4.69, 9.17) is 21.1 Å². The average molecular weight is 259 g/mol. The molecule has 1 aromatic carbocycles. The van der Waals surface area contributed by atoms with Crippen LogP contribution < -0.4 is 0 Å². The lowest BCUT2D eigenvalue weighted by atomic mass is 10.2. The molecule has 0 saturated heterocycles. The number of ether oxygens (including phenoxy) is 3. The quantitative estimate of drug-likeness (QED) is 0.531. The molecule has 0 N–H and O–H groups in total. The Morgan fingerprint density at radius 1 is 1.00 bits per heavy atom. The molecule has 0 aliphatic rings. The van der Waals surface area contributed by atoms with Gasteiger partial charge in [0.15, 0.2) is 0 Å². The van der Waals surface area contributed by atoms with Crippen molar-refractivity contribution in [3.8, 4) is 0 Å². The molecule has 0 aliphatic heterocycles. The highest BCUT2D eigenvalue weighted by Crippen LogP contribution is 1.99. The van der Waals surface area contributed by atoms with Crippen molar-refractivity contribution in [1.29, 1.82) is 0 Å². The molecular weight excluding hydrogens is 244 g/mol. The van der Waals surface area contributed by atoms with Gasteiger partial charge in [0.2, 0.25) is 0 Å². The molecule has 5 heteroatoms. The molecule has 0 heterocycles. The molecule has 0 spiro atoms. The summed E-state index contributed by atoms with van der Waals surface area (Å²) in [6.07, 6.45) is 0. The molecule has 0 fully saturated rings. The number of benzene rings is 1. The van der Waals surface area contributed by atoms with Crippen LogP contribution in [0, 0.1) is 0 Å². The summed E-state index contributed by atoms with van der Waals surface area (Å²) >= 11 is 4.97. The van der Waals surface area contributed by atoms with Crippen molar-refractivity contribution < 1.29 is 19.0 Å². The van der Waals surface area contributed by atoms with Gasteiger partial charge in [-0.1, -0.05) is 30.3 Å². The van der Waals surface area contributed by atoms with Crippen molar-refractivity contribution >= 4 is 17.0 Å². The van der Waals surface area contributed by atoms with Crippen LogP contribution in [0.25, 0.3) is 0 Å². The van der Waals surface area contributed by atoms with E-state index >= 15 is 0 Å². The first kappa shape index (κ1) is 14.0. The SMILES string of the molecule is O=C(Cl)OCCOCCOCc1ccccc1. The van der Waals surface area contributed by atoms with E-state index in [1.54, 1.807) is 0 Å². The van der Waals surface area contributed by atoms with E-state index in [0.29, 0.717) is 26.4 Å². The first-order valence-electron chi connectivity index (χ1n) is 5.30. The topological polar surface area (TPSA) is 44.8 Å². The van der Waals surface area contributed by atoms with Gasteiger partial charge in [-0.25, -0.2) is 4.79 Å². The lowest BCUT2D eigenvalue weighted by Crippen LogP contribution is -2.09. The molecule has 0 amide bonds. The summed E-state index contributed by atoms with van der Waals surface area (Å²) in [7, 11) is 0. The molecule has 1 aromatic rings. The number of rotatable bonds is 8. The Morgan fingerprint density at radius 2 is 1.65 bits per heavy atom. The lowest BCUT2D eigenvalue weighted by Gasteiger charge is -2.05. The summed E-state index contributed by atoms with van der Waals surface area (Å²) < 4.78 is 15.0. The van der Waals surface area contributed by atoms with Gasteiger partial charge >= 0.3 is 5.43 Å². The van der Waals surface area contributed by atoms with Gasteiger partial charge in [0, 0.05) is 11.6 Å². The van der Waals surface area contributed by atoms with Gasteiger partial charge in [-0.2, -0.15) is 0 Å². The van der Waals surface area contributed by atoms with E-state index in [0.717, 1.165) is 5.56 Å². The van der Waals surface area contributed by atoms with Crippen molar-refractivity contribution in [1.82, 2.24) is 0 Å². The van der Waals surface area contributed by atoms with Crippen molar-refractivity contribution in [2.24, 2.45) is 0 Å². The average Bonchev–Trinajstić information content (AvgIpc) is 2.33. The molecule has 0 saturated carbocycles. The van der Waals surface area contributed by atoms with Gasteiger partial charge in [-0.15, -0.1) is 0 Å². The van der Waals surface area contributed by atoms with Crippen LogP contribution in [0.2, 0.25) is 0 Å². The zero-order valence-corrected chi connectivity index (χ0v) is 10.2. The summed E-state index contributed by atoms with van der Waals surface area (Å²) in [6.45, 7) is 2.03. The largest absolute Gasteiger partial charge is 0.451 e. The minimum absolute atomic E-state index is 0.168. The highest BCUT2D eigenvalue weighted by Gasteiger charge is 1.95. The lowest BCUT2D eigenvalue weighted by molar-refractivity contribution is 0.0257. The van der Waals surface area contributed by atoms with Gasteiger partial charge < -0.3 is 14.2 Å². The Hall–Kier alpha value is -1.10. The fraction of sp³-hybridized carbons (Fsp3) is 0.417. The van der Waals surface area contributed by atoms with E-state index in [1.165, 1.54) is 0 Å². The fourth-order valence-electron chi connectivity index (χ4n) is 1.17. The number of carbonyl (C=O) groups excluding carboxylic acids is 1. The number of hydrogen-bond donors (Lipinski definition) is 0. The van der Waals surface area contributed by atoms with Crippen molar-refractivity contribution in [2.75, 3.05) is 26.4 Å². The summed E-state index contributed by atoms with van der Waals surface area (Å²) in [6, 6.07) is 9.90. The summed E-state index contributed by atoms with van der Waals surface area (Å²) in [4.78, 5) is 10.2. The maximum absolute atomic E-state index is 10.2. The maximum atomic E-state index is 10.2. The smallest absolute Gasteiger partial charge is 0.403 e. The normalized spacial score (nSPS) is 10.2. The van der Waals surface area contributed by atoms with Crippen LogP contribution in [-0.2, 0) is 20.8 Å².